The number of hydrogen-bond donors (Lipinski definition) is 1. The first-order chi connectivity index (χ1) is 10.3. The maximum atomic E-state index is 11.8. The van der Waals surface area contributed by atoms with Crippen LogP contribution in [0.1, 0.15) is 38.3 Å². The molecule has 22 heavy (non-hydrogen) atoms. The second-order valence-electron chi connectivity index (χ2n) is 7.26. The van der Waals surface area contributed by atoms with E-state index in [4.69, 9.17) is 4.74 Å². The number of fused-ring (bicyclic) bond motifs is 4. The van der Waals surface area contributed by atoms with Crippen LogP contribution < -0.4 is 4.74 Å². The first-order valence-corrected chi connectivity index (χ1v) is 8.06. The highest BCUT2D eigenvalue weighted by molar-refractivity contribution is 5.74. The highest BCUT2D eigenvalue weighted by atomic mass is 16.5. The van der Waals surface area contributed by atoms with E-state index in [0.29, 0.717) is 5.75 Å². The molecule has 2 aliphatic rings. The van der Waals surface area contributed by atoms with Crippen LogP contribution in [0.4, 0.5) is 0 Å². The number of rotatable bonds is 2. The summed E-state index contributed by atoms with van der Waals surface area (Å²) in [6.45, 7) is 6.76. The van der Waals surface area contributed by atoms with E-state index in [0.717, 1.165) is 24.9 Å². The van der Waals surface area contributed by atoms with Crippen molar-refractivity contribution in [3.63, 3.8) is 0 Å². The molecule has 3 rings (SSSR count). The molecule has 3 unspecified atom stereocenters. The quantitative estimate of drug-likeness (QED) is 0.672. The van der Waals surface area contributed by atoms with Crippen LogP contribution in [-0.2, 0) is 16.6 Å². The lowest BCUT2D eigenvalue weighted by Crippen LogP contribution is -2.61. The fourth-order valence-corrected chi connectivity index (χ4v) is 3.74. The lowest BCUT2D eigenvalue weighted by molar-refractivity contribution is -0.137. The van der Waals surface area contributed by atoms with Crippen molar-refractivity contribution in [3.8, 4) is 5.75 Å². The molecule has 4 nitrogen and oxygen atoms in total. The molecule has 1 saturated heterocycles. The summed E-state index contributed by atoms with van der Waals surface area (Å²) in [6.07, 6.45) is 1.38. The molecule has 2 bridgehead atoms. The second kappa shape index (κ2) is 5.36. The van der Waals surface area contributed by atoms with Gasteiger partial charge in [-0.1, -0.05) is 26.8 Å². The minimum absolute atomic E-state index is 0.148. The highest BCUT2D eigenvalue weighted by Crippen LogP contribution is 2.45. The summed E-state index contributed by atoms with van der Waals surface area (Å²) < 4.78 is 5.45. The zero-order valence-corrected chi connectivity index (χ0v) is 13.8. The predicted octanol–water partition coefficient (Wildman–Crippen LogP) is 2.13. The molecule has 4 heteroatoms. The van der Waals surface area contributed by atoms with Crippen molar-refractivity contribution < 1.29 is 14.6 Å². The SMILES string of the molecule is CC(C)C(=O)Oc1ccc2c(c1)C1(C)CCN(C)C(C2)C1O. The molecule has 0 aromatic heterocycles. The molecule has 1 N–H and O–H groups in total. The van der Waals surface area contributed by atoms with Crippen molar-refractivity contribution in [3.05, 3.63) is 29.3 Å². The first-order valence-electron chi connectivity index (χ1n) is 8.06. The van der Waals surface area contributed by atoms with E-state index in [9.17, 15) is 9.90 Å². The molecule has 0 spiro atoms. The lowest BCUT2D eigenvalue weighted by Gasteiger charge is -2.52. The minimum atomic E-state index is -0.380. The predicted molar refractivity (Wildman–Crippen MR) is 85.0 cm³/mol. The molecule has 1 heterocycles. The van der Waals surface area contributed by atoms with Crippen molar-refractivity contribution in [1.82, 2.24) is 4.90 Å². The maximum Gasteiger partial charge on any atom is 0.313 e. The van der Waals surface area contributed by atoms with Gasteiger partial charge in [-0.2, -0.15) is 0 Å². The van der Waals surface area contributed by atoms with Gasteiger partial charge in [0.2, 0.25) is 0 Å². The molecule has 1 aromatic carbocycles. The normalized spacial score (nSPS) is 31.0. The molecule has 1 aliphatic heterocycles. The number of piperidine rings is 1. The fraction of sp³-hybridized carbons (Fsp3) is 0.611. The van der Waals surface area contributed by atoms with Crippen LogP contribution in [0.3, 0.4) is 0 Å². The van der Waals surface area contributed by atoms with Gasteiger partial charge in [0.25, 0.3) is 0 Å². The van der Waals surface area contributed by atoms with Gasteiger partial charge < -0.3 is 14.7 Å². The van der Waals surface area contributed by atoms with Gasteiger partial charge in [0.05, 0.1) is 12.0 Å². The molecule has 1 aliphatic carbocycles. The smallest absolute Gasteiger partial charge is 0.313 e. The number of carbonyl (C=O) groups excluding carboxylic acids is 1. The van der Waals surface area contributed by atoms with E-state index in [1.807, 2.05) is 26.0 Å². The Balaban J connectivity index is 1.97. The van der Waals surface area contributed by atoms with Gasteiger partial charge in [0.15, 0.2) is 0 Å². The third-order valence-electron chi connectivity index (χ3n) is 5.38. The average molecular weight is 303 g/mol. The second-order valence-corrected chi connectivity index (χ2v) is 7.26. The van der Waals surface area contributed by atoms with Crippen LogP contribution in [-0.4, -0.2) is 41.7 Å². The molecular weight excluding hydrogens is 278 g/mol. The standard InChI is InChI=1S/C18H25NO3/c1-11(2)17(21)22-13-6-5-12-9-15-16(20)18(3,14(12)10-13)7-8-19(15)4/h5-6,10-11,15-16,20H,7-9H2,1-4H3. The van der Waals surface area contributed by atoms with Crippen LogP contribution in [0.5, 0.6) is 5.75 Å². The third kappa shape index (κ3) is 2.34. The van der Waals surface area contributed by atoms with Gasteiger partial charge >= 0.3 is 5.97 Å². The van der Waals surface area contributed by atoms with Crippen LogP contribution >= 0.6 is 0 Å². The van der Waals surface area contributed by atoms with Gasteiger partial charge in [-0.15, -0.1) is 0 Å². The summed E-state index contributed by atoms with van der Waals surface area (Å²) in [7, 11) is 2.08. The number of ether oxygens (including phenoxy) is 1. The number of hydrogen-bond acceptors (Lipinski definition) is 4. The van der Waals surface area contributed by atoms with E-state index >= 15 is 0 Å². The Morgan fingerprint density at radius 1 is 1.45 bits per heavy atom. The Labute approximate surface area is 132 Å². The molecule has 120 valence electrons. The molecule has 0 amide bonds. The Morgan fingerprint density at radius 2 is 2.18 bits per heavy atom. The molecule has 3 atom stereocenters. The van der Waals surface area contributed by atoms with Crippen molar-refractivity contribution in [2.75, 3.05) is 13.6 Å². The van der Waals surface area contributed by atoms with Crippen LogP contribution in [0.25, 0.3) is 0 Å². The van der Waals surface area contributed by atoms with Crippen LogP contribution in [0, 0.1) is 5.92 Å². The Morgan fingerprint density at radius 3 is 2.86 bits per heavy atom. The Kier molecular flexibility index (Phi) is 3.77. The van der Waals surface area contributed by atoms with Crippen LogP contribution in [0.15, 0.2) is 18.2 Å². The number of aliphatic hydroxyl groups is 1. The van der Waals surface area contributed by atoms with E-state index in [1.54, 1.807) is 0 Å². The summed E-state index contributed by atoms with van der Waals surface area (Å²) >= 11 is 0. The molecule has 0 saturated carbocycles. The number of likely N-dealkylation sites (tertiary alicyclic amines) is 1. The van der Waals surface area contributed by atoms with E-state index in [2.05, 4.69) is 24.9 Å². The summed E-state index contributed by atoms with van der Waals surface area (Å²) in [5.74, 6) is 0.218. The Bertz CT molecular complexity index is 598. The monoisotopic (exact) mass is 303 g/mol. The minimum Gasteiger partial charge on any atom is -0.426 e. The number of benzene rings is 1. The first kappa shape index (κ1) is 15.5. The molecule has 0 radical (unpaired) electrons. The fourth-order valence-electron chi connectivity index (χ4n) is 3.74. The van der Waals surface area contributed by atoms with Crippen molar-refractivity contribution in [2.24, 2.45) is 5.92 Å². The molecular formula is C18H25NO3. The number of likely N-dealkylation sites (N-methyl/N-ethyl adjacent to an activating group) is 1. The maximum absolute atomic E-state index is 11.8. The summed E-state index contributed by atoms with van der Waals surface area (Å²) in [5, 5.41) is 10.8. The topological polar surface area (TPSA) is 49.8 Å². The van der Waals surface area contributed by atoms with Crippen LogP contribution in [0.2, 0.25) is 0 Å². The largest absolute Gasteiger partial charge is 0.426 e. The number of aliphatic hydroxyl groups excluding tert-OH is 1. The molecule has 1 aromatic rings. The van der Waals surface area contributed by atoms with E-state index < -0.39 is 0 Å². The lowest BCUT2D eigenvalue weighted by atomic mass is 9.63. The Hall–Kier alpha value is -1.39. The van der Waals surface area contributed by atoms with Crippen molar-refractivity contribution >= 4 is 5.97 Å². The highest BCUT2D eigenvalue weighted by Gasteiger charge is 2.49. The van der Waals surface area contributed by atoms with Gasteiger partial charge in [0.1, 0.15) is 5.75 Å². The zero-order chi connectivity index (χ0) is 16.1. The van der Waals surface area contributed by atoms with Crippen molar-refractivity contribution in [1.29, 1.82) is 0 Å². The van der Waals surface area contributed by atoms with Gasteiger partial charge in [0, 0.05) is 11.5 Å². The van der Waals surface area contributed by atoms with E-state index in [-0.39, 0.29) is 29.4 Å². The van der Waals surface area contributed by atoms with Gasteiger partial charge in [-0.05, 0) is 49.7 Å². The third-order valence-corrected chi connectivity index (χ3v) is 5.38. The van der Waals surface area contributed by atoms with Gasteiger partial charge in [-0.25, -0.2) is 0 Å². The summed E-state index contributed by atoms with van der Waals surface area (Å²) in [6, 6.07) is 6.06. The van der Waals surface area contributed by atoms with E-state index in [1.165, 1.54) is 5.56 Å². The zero-order valence-electron chi connectivity index (χ0n) is 13.8. The van der Waals surface area contributed by atoms with Crippen molar-refractivity contribution in [2.45, 2.75) is 51.2 Å². The number of nitrogens with zero attached hydrogens (tertiary/aromatic N) is 1. The average Bonchev–Trinajstić information content (AvgIpc) is 2.47. The van der Waals surface area contributed by atoms with Gasteiger partial charge in [-0.3, -0.25) is 4.79 Å². The summed E-state index contributed by atoms with van der Waals surface area (Å²) in [5.41, 5.74) is 2.14. The number of esters is 1. The summed E-state index contributed by atoms with van der Waals surface area (Å²) in [4.78, 5) is 14.1. The number of carbonyl (C=O) groups is 1. The molecule has 1 fully saturated rings.